The van der Waals surface area contributed by atoms with Crippen LogP contribution in [-0.4, -0.2) is 81.3 Å². The highest BCUT2D eigenvalue weighted by molar-refractivity contribution is 7.85. The van der Waals surface area contributed by atoms with E-state index in [1.807, 2.05) is 13.8 Å². The number of unbranched alkanes of at least 4 members (excludes halogenated alkanes) is 3. The second kappa shape index (κ2) is 14.1. The summed E-state index contributed by atoms with van der Waals surface area (Å²) >= 11 is 0. The van der Waals surface area contributed by atoms with E-state index in [0.717, 1.165) is 16.6 Å². The molecule has 0 aliphatic carbocycles. The molecule has 0 fully saturated rings. The number of ether oxygens (including phenoxy) is 1. The molecular formula is C22H42NO6S+. The number of hydrogen-bond donors (Lipinski definition) is 3. The largest absolute Gasteiger partial charge is 0.396 e. The van der Waals surface area contributed by atoms with E-state index < -0.39 is 15.5 Å². The Hall–Kier alpha value is -1.03. The zero-order valence-electron chi connectivity index (χ0n) is 19.3. The van der Waals surface area contributed by atoms with Crippen molar-refractivity contribution in [1.82, 2.24) is 0 Å². The third-order valence-electron chi connectivity index (χ3n) is 4.99. The normalized spacial score (nSPS) is 12.4. The lowest BCUT2D eigenvalue weighted by atomic mass is 9.95. The molecule has 8 heteroatoms. The van der Waals surface area contributed by atoms with E-state index >= 15 is 0 Å². The number of likely N-dealkylation sites (N-methyl/N-ethyl adjacent to an activating group) is 1. The van der Waals surface area contributed by atoms with Gasteiger partial charge < -0.3 is 19.4 Å². The Balaban J connectivity index is 0.000000642. The van der Waals surface area contributed by atoms with E-state index in [9.17, 15) is 8.42 Å². The van der Waals surface area contributed by atoms with Crippen molar-refractivity contribution in [3.8, 4) is 0 Å². The molecule has 1 aromatic rings. The summed E-state index contributed by atoms with van der Waals surface area (Å²) in [6.45, 7) is 9.06. The molecule has 30 heavy (non-hydrogen) atoms. The van der Waals surface area contributed by atoms with Crippen molar-refractivity contribution >= 4 is 10.1 Å². The summed E-state index contributed by atoms with van der Waals surface area (Å²) in [6, 6.07) is 5.99. The molecule has 0 saturated carbocycles. The van der Waals surface area contributed by atoms with Gasteiger partial charge in [0.25, 0.3) is 10.1 Å². The third-order valence-corrected chi connectivity index (χ3v) is 5.86. The highest BCUT2D eigenvalue weighted by Crippen LogP contribution is 2.14. The Kier molecular flexibility index (Phi) is 13.6. The lowest BCUT2D eigenvalue weighted by molar-refractivity contribution is -0.891. The van der Waals surface area contributed by atoms with Gasteiger partial charge in [-0.3, -0.25) is 4.55 Å². The fourth-order valence-corrected chi connectivity index (χ4v) is 3.04. The summed E-state index contributed by atoms with van der Waals surface area (Å²) in [5.74, 6) is 0. The van der Waals surface area contributed by atoms with Crippen LogP contribution in [0.25, 0.3) is 0 Å². The first kappa shape index (κ1) is 29.0. The van der Waals surface area contributed by atoms with Crippen LogP contribution in [0.15, 0.2) is 29.2 Å². The van der Waals surface area contributed by atoms with E-state index in [0.29, 0.717) is 13.2 Å². The number of hydrogen-bond acceptors (Lipinski definition) is 5. The average molecular weight is 449 g/mol. The van der Waals surface area contributed by atoms with Gasteiger partial charge >= 0.3 is 0 Å². The van der Waals surface area contributed by atoms with Gasteiger partial charge in [0.15, 0.2) is 0 Å². The number of benzene rings is 1. The van der Waals surface area contributed by atoms with E-state index in [4.69, 9.17) is 19.5 Å². The molecule has 0 saturated heterocycles. The Bertz CT molecular complexity index is 669. The number of aryl methyl sites for hydroxylation is 1. The van der Waals surface area contributed by atoms with Crippen molar-refractivity contribution in [2.24, 2.45) is 5.41 Å². The molecule has 0 unspecified atom stereocenters. The van der Waals surface area contributed by atoms with Crippen LogP contribution in [0.3, 0.4) is 0 Å². The molecule has 7 nitrogen and oxygen atoms in total. The monoisotopic (exact) mass is 448 g/mol. The van der Waals surface area contributed by atoms with Crippen molar-refractivity contribution in [2.45, 2.75) is 51.3 Å². The van der Waals surface area contributed by atoms with Crippen LogP contribution < -0.4 is 0 Å². The maximum Gasteiger partial charge on any atom is 0.294 e. The number of aliphatic hydroxyl groups excluding tert-OH is 2. The second-order valence-corrected chi connectivity index (χ2v) is 10.3. The zero-order chi connectivity index (χ0) is 23.3. The predicted octanol–water partition coefficient (Wildman–Crippen LogP) is 2.89. The standard InChI is InChI=1S/C15H34NO3.C7H8O3S/c1-5-6-7-8-9-16(3,4)10-11-19-14-15(2,12-17)13-18;1-6-2-4-7(5-3-6)11(8,9)10/h17-18H,5-14H2,1-4H3;2-5H,1H3,(H,8,9,10)/q+1;. The fraction of sp³-hybridized carbons (Fsp3) is 0.727. The fourth-order valence-electron chi connectivity index (χ4n) is 2.56. The highest BCUT2D eigenvalue weighted by atomic mass is 32.2. The van der Waals surface area contributed by atoms with Crippen LogP contribution in [0.4, 0.5) is 0 Å². The molecule has 0 spiro atoms. The Morgan fingerprint density at radius 2 is 1.57 bits per heavy atom. The molecule has 1 aromatic carbocycles. The minimum atomic E-state index is -4.02. The van der Waals surface area contributed by atoms with Gasteiger partial charge in [-0.1, -0.05) is 44.4 Å². The van der Waals surface area contributed by atoms with Crippen molar-refractivity contribution in [3.63, 3.8) is 0 Å². The first-order valence-corrected chi connectivity index (χ1v) is 12.0. The molecule has 0 aliphatic rings. The topological polar surface area (TPSA) is 104 Å². The van der Waals surface area contributed by atoms with E-state index in [-0.39, 0.29) is 18.1 Å². The Labute approximate surface area is 183 Å². The van der Waals surface area contributed by atoms with Crippen molar-refractivity contribution in [3.05, 3.63) is 29.8 Å². The van der Waals surface area contributed by atoms with Crippen molar-refractivity contribution < 1.29 is 32.4 Å². The zero-order valence-corrected chi connectivity index (χ0v) is 20.1. The smallest absolute Gasteiger partial charge is 0.294 e. The molecule has 0 heterocycles. The van der Waals surface area contributed by atoms with Crippen LogP contribution >= 0.6 is 0 Å². The number of aliphatic hydroxyl groups is 2. The van der Waals surface area contributed by atoms with Crippen LogP contribution in [0.2, 0.25) is 0 Å². The predicted molar refractivity (Wildman–Crippen MR) is 120 cm³/mol. The maximum absolute atomic E-state index is 10.5. The molecule has 0 aliphatic heterocycles. The summed E-state index contributed by atoms with van der Waals surface area (Å²) in [5, 5.41) is 18.3. The lowest BCUT2D eigenvalue weighted by Crippen LogP contribution is -2.43. The maximum atomic E-state index is 10.5. The van der Waals surface area contributed by atoms with E-state index in [2.05, 4.69) is 21.0 Å². The van der Waals surface area contributed by atoms with E-state index in [1.54, 1.807) is 12.1 Å². The van der Waals surface area contributed by atoms with Crippen molar-refractivity contribution in [2.75, 3.05) is 53.6 Å². The van der Waals surface area contributed by atoms with Gasteiger partial charge in [0.05, 0.1) is 52.0 Å². The second-order valence-electron chi connectivity index (χ2n) is 8.91. The van der Waals surface area contributed by atoms with Gasteiger partial charge in [0.1, 0.15) is 6.54 Å². The first-order valence-electron chi connectivity index (χ1n) is 10.5. The lowest BCUT2D eigenvalue weighted by Gasteiger charge is -2.31. The molecule has 176 valence electrons. The summed E-state index contributed by atoms with van der Waals surface area (Å²) in [5.41, 5.74) is 0.440. The molecule has 1 rings (SSSR count). The average Bonchev–Trinajstić information content (AvgIpc) is 2.68. The van der Waals surface area contributed by atoms with Gasteiger partial charge in [-0.15, -0.1) is 0 Å². The van der Waals surface area contributed by atoms with E-state index in [1.165, 1.54) is 44.4 Å². The number of nitrogens with zero attached hydrogens (tertiary/aromatic N) is 1. The van der Waals surface area contributed by atoms with Gasteiger partial charge in [0, 0.05) is 5.41 Å². The number of rotatable bonds is 13. The van der Waals surface area contributed by atoms with Crippen LogP contribution in [0.1, 0.15) is 45.1 Å². The van der Waals surface area contributed by atoms with Gasteiger partial charge in [-0.05, 0) is 31.9 Å². The third kappa shape index (κ3) is 13.3. The minimum absolute atomic E-state index is 0.0429. The quantitative estimate of drug-likeness (QED) is 0.244. The van der Waals surface area contributed by atoms with Gasteiger partial charge in [-0.25, -0.2) is 0 Å². The highest BCUT2D eigenvalue weighted by Gasteiger charge is 2.23. The van der Waals surface area contributed by atoms with Gasteiger partial charge in [0.2, 0.25) is 0 Å². The molecule has 3 N–H and O–H groups in total. The number of quaternary nitrogens is 1. The van der Waals surface area contributed by atoms with Crippen LogP contribution in [-0.2, 0) is 14.9 Å². The summed E-state index contributed by atoms with van der Waals surface area (Å²) in [4.78, 5) is -0.0666. The van der Waals surface area contributed by atoms with Crippen molar-refractivity contribution in [1.29, 1.82) is 0 Å². The summed E-state index contributed by atoms with van der Waals surface area (Å²) < 4.78 is 36.1. The van der Waals surface area contributed by atoms with Crippen LogP contribution in [0, 0.1) is 12.3 Å². The SMILES string of the molecule is CCCCCC[N+](C)(C)CCOCC(C)(CO)CO.Cc1ccc(S(=O)(=O)O)cc1. The summed E-state index contributed by atoms with van der Waals surface area (Å²) in [6.07, 6.45) is 5.18. The Morgan fingerprint density at radius 1 is 1.00 bits per heavy atom. The van der Waals surface area contributed by atoms with Crippen LogP contribution in [0.5, 0.6) is 0 Å². The molecule has 0 atom stereocenters. The Morgan fingerprint density at radius 3 is 2.03 bits per heavy atom. The summed E-state index contributed by atoms with van der Waals surface area (Å²) in [7, 11) is 0.438. The van der Waals surface area contributed by atoms with Gasteiger partial charge in [-0.2, -0.15) is 8.42 Å². The molecule has 0 aromatic heterocycles. The molecule has 0 bridgehead atoms. The molecular weight excluding hydrogens is 406 g/mol. The minimum Gasteiger partial charge on any atom is -0.396 e. The first-order chi connectivity index (χ1) is 13.9. The molecule has 0 radical (unpaired) electrons. The molecule has 0 amide bonds.